The Hall–Kier alpha value is -0.580. The van der Waals surface area contributed by atoms with Gasteiger partial charge in [0.05, 0.1) is 0 Å². The molecule has 0 heterocycles. The van der Waals surface area contributed by atoms with Crippen molar-refractivity contribution >= 4 is 8.25 Å². The predicted molar refractivity (Wildman–Crippen MR) is 27.6 cm³/mol. The molecule has 7 heteroatoms. The third-order valence-electron chi connectivity index (χ3n) is 0.476. The Morgan fingerprint density at radius 2 is 2.33 bits per heavy atom. The number of hydrogen-bond acceptors (Lipinski definition) is 4. The molecule has 1 unspecified atom stereocenters. The molecule has 52 valence electrons. The quantitative estimate of drug-likeness (QED) is 0.347. The first-order valence-corrected chi connectivity index (χ1v) is 3.17. The van der Waals surface area contributed by atoms with E-state index in [0.29, 0.717) is 0 Å². The zero-order valence-corrected chi connectivity index (χ0v) is 5.28. The van der Waals surface area contributed by atoms with Gasteiger partial charge in [-0.05, 0) is 0 Å². The van der Waals surface area contributed by atoms with Crippen molar-refractivity contribution in [1.82, 2.24) is 0 Å². The van der Waals surface area contributed by atoms with E-state index in [0.717, 1.165) is 0 Å². The van der Waals surface area contributed by atoms with Gasteiger partial charge in [-0.15, -0.1) is 9.42 Å². The van der Waals surface area contributed by atoms with Crippen molar-refractivity contribution in [3.63, 3.8) is 0 Å². The second-order valence-corrected chi connectivity index (χ2v) is 1.86. The lowest BCUT2D eigenvalue weighted by atomic mass is 10.7. The van der Waals surface area contributed by atoms with Crippen molar-refractivity contribution in [2.45, 2.75) is 0 Å². The lowest BCUT2D eigenvalue weighted by Crippen LogP contribution is -2.05. The fraction of sp³-hybridized carbons (Fsp3) is 1.00. The highest BCUT2D eigenvalue weighted by Gasteiger charge is 2.12. The fourth-order valence-corrected chi connectivity index (χ4v) is 0.431. The topological polar surface area (TPSA) is 89.7 Å². The SMILES string of the molecule is O=[N+]([O-])CCO[P+](=O)O. The maximum atomic E-state index is 9.68. The first kappa shape index (κ1) is 8.42. The summed E-state index contributed by atoms with van der Waals surface area (Å²) in [7, 11) is -2.69. The molecule has 0 aliphatic heterocycles. The zero-order chi connectivity index (χ0) is 7.28. The monoisotopic (exact) mass is 154 g/mol. The van der Waals surface area contributed by atoms with Gasteiger partial charge in [-0.25, -0.2) is 0 Å². The minimum atomic E-state index is -2.69. The van der Waals surface area contributed by atoms with E-state index in [1.807, 2.05) is 0 Å². The summed E-state index contributed by atoms with van der Waals surface area (Å²) < 4.78 is 13.7. The van der Waals surface area contributed by atoms with Gasteiger partial charge >= 0.3 is 8.25 Å². The van der Waals surface area contributed by atoms with Crippen molar-refractivity contribution < 1.29 is 18.9 Å². The van der Waals surface area contributed by atoms with Crippen LogP contribution in [0.3, 0.4) is 0 Å². The molecule has 1 atom stereocenters. The van der Waals surface area contributed by atoms with Crippen molar-refractivity contribution in [2.24, 2.45) is 0 Å². The molecule has 0 aliphatic rings. The molecule has 9 heavy (non-hydrogen) atoms. The largest absolute Gasteiger partial charge is 0.694 e. The molecule has 0 aromatic heterocycles. The van der Waals surface area contributed by atoms with Gasteiger partial charge in [0.25, 0.3) is 0 Å². The van der Waals surface area contributed by atoms with Crippen LogP contribution in [0.2, 0.25) is 0 Å². The summed E-state index contributed by atoms with van der Waals surface area (Å²) in [5.41, 5.74) is 0. The Morgan fingerprint density at radius 1 is 1.78 bits per heavy atom. The summed E-state index contributed by atoms with van der Waals surface area (Å²) in [6, 6.07) is 0. The third kappa shape index (κ3) is 7.42. The normalized spacial score (nSPS) is 11.0. The van der Waals surface area contributed by atoms with E-state index in [4.69, 9.17) is 4.89 Å². The predicted octanol–water partition coefficient (Wildman–Crippen LogP) is -0.0706. The van der Waals surface area contributed by atoms with E-state index in [1.165, 1.54) is 0 Å². The number of hydrogen-bond donors (Lipinski definition) is 1. The molecular formula is C2H5NO5P+. The van der Waals surface area contributed by atoms with Gasteiger partial charge in [0.2, 0.25) is 6.54 Å². The lowest BCUT2D eigenvalue weighted by Gasteiger charge is -1.82. The van der Waals surface area contributed by atoms with Crippen LogP contribution in [0.1, 0.15) is 0 Å². The molecular weight excluding hydrogens is 149 g/mol. The Morgan fingerprint density at radius 3 is 2.67 bits per heavy atom. The van der Waals surface area contributed by atoms with Crippen molar-refractivity contribution in [2.75, 3.05) is 13.2 Å². The molecule has 0 aromatic rings. The highest BCUT2D eigenvalue weighted by Crippen LogP contribution is 2.12. The fourth-order valence-electron chi connectivity index (χ4n) is 0.193. The van der Waals surface area contributed by atoms with Crippen LogP contribution >= 0.6 is 8.25 Å². The standard InChI is InChI=1S/C2H4NO5P/c4-3(5)1-2-8-9(6)7/h1-2H2/p+1. The van der Waals surface area contributed by atoms with Crippen LogP contribution in [0.25, 0.3) is 0 Å². The summed E-state index contributed by atoms with van der Waals surface area (Å²) >= 11 is 0. The van der Waals surface area contributed by atoms with E-state index >= 15 is 0 Å². The molecule has 0 aliphatic carbocycles. The van der Waals surface area contributed by atoms with Gasteiger partial charge < -0.3 is 0 Å². The number of nitro groups is 1. The highest BCUT2D eigenvalue weighted by molar-refractivity contribution is 7.32. The van der Waals surface area contributed by atoms with Gasteiger partial charge in [0.15, 0.2) is 6.61 Å². The second kappa shape index (κ2) is 4.31. The molecule has 0 fully saturated rings. The van der Waals surface area contributed by atoms with Gasteiger partial charge in [0, 0.05) is 9.49 Å². The second-order valence-electron chi connectivity index (χ2n) is 1.13. The van der Waals surface area contributed by atoms with Gasteiger partial charge in [-0.1, -0.05) is 0 Å². The Labute approximate surface area is 51.5 Å². The van der Waals surface area contributed by atoms with Crippen molar-refractivity contribution in [3.05, 3.63) is 10.1 Å². The molecule has 6 nitrogen and oxygen atoms in total. The van der Waals surface area contributed by atoms with E-state index in [9.17, 15) is 14.7 Å². The Bertz CT molecular complexity index is 110. The number of nitrogens with zero attached hydrogens (tertiary/aromatic N) is 1. The molecule has 0 saturated heterocycles. The molecule has 0 radical (unpaired) electrons. The van der Waals surface area contributed by atoms with Crippen molar-refractivity contribution in [1.29, 1.82) is 0 Å². The van der Waals surface area contributed by atoms with Crippen LogP contribution in [0.15, 0.2) is 0 Å². The van der Waals surface area contributed by atoms with Crippen LogP contribution in [-0.2, 0) is 9.09 Å². The van der Waals surface area contributed by atoms with Gasteiger partial charge in [0.1, 0.15) is 0 Å². The molecule has 0 amide bonds. The van der Waals surface area contributed by atoms with E-state index in [-0.39, 0.29) is 6.61 Å². The molecule has 0 spiro atoms. The average Bonchev–Trinajstić information content (AvgIpc) is 1.63. The first-order chi connectivity index (χ1) is 4.13. The Kier molecular flexibility index (Phi) is 4.04. The van der Waals surface area contributed by atoms with E-state index in [2.05, 4.69) is 4.52 Å². The molecule has 1 N–H and O–H groups in total. The minimum absolute atomic E-state index is 0.321. The van der Waals surface area contributed by atoms with Crippen LogP contribution in [0.4, 0.5) is 0 Å². The molecule has 0 saturated carbocycles. The van der Waals surface area contributed by atoms with Crippen molar-refractivity contribution in [3.8, 4) is 0 Å². The summed E-state index contributed by atoms with van der Waals surface area (Å²) in [5, 5.41) is 9.53. The summed E-state index contributed by atoms with van der Waals surface area (Å²) in [5.74, 6) is 0. The molecule has 0 aromatic carbocycles. The summed E-state index contributed by atoms with van der Waals surface area (Å²) in [6.07, 6.45) is 0. The molecule has 0 rings (SSSR count). The first-order valence-electron chi connectivity index (χ1n) is 2.04. The Balaban J connectivity index is 3.10. The van der Waals surface area contributed by atoms with E-state index < -0.39 is 19.7 Å². The highest BCUT2D eigenvalue weighted by atomic mass is 31.1. The van der Waals surface area contributed by atoms with E-state index in [1.54, 1.807) is 0 Å². The third-order valence-corrected chi connectivity index (χ3v) is 0.879. The lowest BCUT2D eigenvalue weighted by molar-refractivity contribution is -0.481. The van der Waals surface area contributed by atoms with Crippen LogP contribution < -0.4 is 0 Å². The molecule has 0 bridgehead atoms. The summed E-state index contributed by atoms with van der Waals surface area (Å²) in [6.45, 7) is -0.764. The zero-order valence-electron chi connectivity index (χ0n) is 4.39. The number of rotatable bonds is 4. The van der Waals surface area contributed by atoms with Crippen LogP contribution in [0.5, 0.6) is 0 Å². The van der Waals surface area contributed by atoms with Gasteiger partial charge in [-0.2, -0.15) is 0 Å². The average molecular weight is 154 g/mol. The minimum Gasteiger partial charge on any atom is -0.264 e. The summed E-state index contributed by atoms with van der Waals surface area (Å²) in [4.78, 5) is 16.8. The maximum absolute atomic E-state index is 9.68. The van der Waals surface area contributed by atoms with Gasteiger partial charge in [-0.3, -0.25) is 10.1 Å². The van der Waals surface area contributed by atoms with Crippen LogP contribution in [-0.4, -0.2) is 23.0 Å². The van der Waals surface area contributed by atoms with Crippen LogP contribution in [0, 0.1) is 10.1 Å². The maximum Gasteiger partial charge on any atom is 0.694 e. The smallest absolute Gasteiger partial charge is 0.264 e.